The van der Waals surface area contributed by atoms with Crippen LogP contribution < -0.4 is 0 Å². The third-order valence-electron chi connectivity index (χ3n) is 2.63. The van der Waals surface area contributed by atoms with Crippen LogP contribution in [0.1, 0.15) is 48.5 Å². The van der Waals surface area contributed by atoms with Crippen molar-refractivity contribution in [3.63, 3.8) is 0 Å². The van der Waals surface area contributed by atoms with E-state index in [1.54, 1.807) is 12.1 Å². The average Bonchev–Trinajstić information content (AvgIpc) is 2.15. The van der Waals surface area contributed by atoms with Gasteiger partial charge < -0.3 is 5.11 Å². The van der Waals surface area contributed by atoms with Crippen molar-refractivity contribution in [1.82, 2.24) is 0 Å². The van der Waals surface area contributed by atoms with Gasteiger partial charge in [-0.1, -0.05) is 50.8 Å². The van der Waals surface area contributed by atoms with Gasteiger partial charge in [0, 0.05) is 0 Å². The summed E-state index contributed by atoms with van der Waals surface area (Å²) in [7, 11) is 0. The summed E-state index contributed by atoms with van der Waals surface area (Å²) in [5.41, 5.74) is 1.30. The van der Waals surface area contributed by atoms with Gasteiger partial charge in [-0.15, -0.1) is 0 Å². The highest BCUT2D eigenvalue weighted by molar-refractivity contribution is 5.89. The SMILES string of the molecule is C1CCC1.CCc1ccccc1C(=O)O. The molecule has 0 heterocycles. The molecule has 0 spiro atoms. The number of hydrogen-bond acceptors (Lipinski definition) is 1. The van der Waals surface area contributed by atoms with Gasteiger partial charge in [-0.05, 0) is 18.1 Å². The standard InChI is InChI=1S/C9H10O2.C4H8/c1-2-7-5-3-4-6-8(7)9(10)11;1-2-4-3-1/h3-6H,2H2,1H3,(H,10,11);1-4H2. The van der Waals surface area contributed by atoms with E-state index in [9.17, 15) is 4.79 Å². The summed E-state index contributed by atoms with van der Waals surface area (Å²) < 4.78 is 0. The van der Waals surface area contributed by atoms with E-state index in [-0.39, 0.29) is 0 Å². The molecule has 2 rings (SSSR count). The van der Waals surface area contributed by atoms with E-state index in [4.69, 9.17) is 5.11 Å². The molecule has 1 aliphatic carbocycles. The van der Waals surface area contributed by atoms with Crippen molar-refractivity contribution in [2.24, 2.45) is 0 Å². The average molecular weight is 206 g/mol. The van der Waals surface area contributed by atoms with Crippen LogP contribution in [0.5, 0.6) is 0 Å². The largest absolute Gasteiger partial charge is 0.478 e. The van der Waals surface area contributed by atoms with Gasteiger partial charge in [0.1, 0.15) is 0 Å². The van der Waals surface area contributed by atoms with Crippen LogP contribution in [0.4, 0.5) is 0 Å². The molecule has 0 aromatic heterocycles. The molecule has 0 bridgehead atoms. The molecule has 1 fully saturated rings. The number of carboxylic acids is 1. The lowest BCUT2D eigenvalue weighted by atomic mass is 10.0. The summed E-state index contributed by atoms with van der Waals surface area (Å²) in [6, 6.07) is 7.05. The minimum Gasteiger partial charge on any atom is -0.478 e. The van der Waals surface area contributed by atoms with Crippen LogP contribution in [0.2, 0.25) is 0 Å². The van der Waals surface area contributed by atoms with E-state index in [1.165, 1.54) is 25.7 Å². The molecule has 1 aromatic rings. The number of rotatable bonds is 2. The molecule has 2 heteroatoms. The van der Waals surface area contributed by atoms with Gasteiger partial charge in [0.2, 0.25) is 0 Å². The fourth-order valence-corrected chi connectivity index (χ4v) is 1.29. The zero-order valence-electron chi connectivity index (χ0n) is 9.20. The van der Waals surface area contributed by atoms with Crippen LogP contribution in [-0.2, 0) is 6.42 Å². The Kier molecular flexibility index (Phi) is 4.88. The molecule has 0 radical (unpaired) electrons. The molecule has 82 valence electrons. The highest BCUT2D eigenvalue weighted by Gasteiger charge is 2.05. The highest BCUT2D eigenvalue weighted by atomic mass is 16.4. The third kappa shape index (κ3) is 3.74. The normalized spacial score (nSPS) is 13.4. The molecule has 1 saturated carbocycles. The van der Waals surface area contributed by atoms with Crippen molar-refractivity contribution >= 4 is 5.97 Å². The number of carbonyl (C=O) groups is 1. The van der Waals surface area contributed by atoms with Gasteiger partial charge in [0.25, 0.3) is 0 Å². The van der Waals surface area contributed by atoms with Crippen LogP contribution >= 0.6 is 0 Å². The van der Waals surface area contributed by atoms with Crippen LogP contribution in [0.15, 0.2) is 24.3 Å². The summed E-state index contributed by atoms with van der Waals surface area (Å²) in [6.07, 6.45) is 6.77. The minimum atomic E-state index is -0.845. The lowest BCUT2D eigenvalue weighted by molar-refractivity contribution is 0.0696. The first-order chi connectivity index (χ1) is 7.25. The molecular formula is C13H18O2. The maximum atomic E-state index is 10.6. The molecule has 1 aliphatic rings. The Morgan fingerprint density at radius 1 is 1.20 bits per heavy atom. The number of aryl methyl sites for hydroxylation is 1. The molecule has 1 aromatic carbocycles. The first kappa shape index (κ1) is 11.8. The molecule has 0 aliphatic heterocycles. The number of aromatic carboxylic acids is 1. The molecule has 2 nitrogen and oxygen atoms in total. The lowest BCUT2D eigenvalue weighted by Gasteiger charge is -2.05. The van der Waals surface area contributed by atoms with Crippen LogP contribution in [0.25, 0.3) is 0 Å². The Morgan fingerprint density at radius 2 is 1.73 bits per heavy atom. The van der Waals surface area contributed by atoms with Crippen molar-refractivity contribution in [3.8, 4) is 0 Å². The fourth-order valence-electron chi connectivity index (χ4n) is 1.29. The van der Waals surface area contributed by atoms with E-state index in [2.05, 4.69) is 0 Å². The summed E-state index contributed by atoms with van der Waals surface area (Å²) in [5, 5.41) is 8.70. The molecular weight excluding hydrogens is 188 g/mol. The molecule has 0 unspecified atom stereocenters. The predicted molar refractivity (Wildman–Crippen MR) is 61.2 cm³/mol. The second kappa shape index (κ2) is 6.23. The topological polar surface area (TPSA) is 37.3 Å². The summed E-state index contributed by atoms with van der Waals surface area (Å²) in [5.74, 6) is -0.845. The van der Waals surface area contributed by atoms with E-state index in [1.807, 2.05) is 19.1 Å². The van der Waals surface area contributed by atoms with Gasteiger partial charge in [-0.2, -0.15) is 0 Å². The Balaban J connectivity index is 0.000000234. The Labute approximate surface area is 90.9 Å². The second-order valence-electron chi connectivity index (χ2n) is 3.73. The number of benzene rings is 1. The molecule has 1 N–H and O–H groups in total. The van der Waals surface area contributed by atoms with Crippen molar-refractivity contribution in [2.45, 2.75) is 39.0 Å². The van der Waals surface area contributed by atoms with Crippen molar-refractivity contribution in [3.05, 3.63) is 35.4 Å². The predicted octanol–water partition coefficient (Wildman–Crippen LogP) is 3.51. The summed E-state index contributed by atoms with van der Waals surface area (Å²) in [6.45, 7) is 1.95. The zero-order valence-corrected chi connectivity index (χ0v) is 9.20. The number of carboxylic acid groups (broad SMARTS) is 1. The quantitative estimate of drug-likeness (QED) is 0.804. The van der Waals surface area contributed by atoms with E-state index in [0.717, 1.165) is 12.0 Å². The van der Waals surface area contributed by atoms with Crippen LogP contribution in [0, 0.1) is 0 Å². The monoisotopic (exact) mass is 206 g/mol. The number of hydrogen-bond donors (Lipinski definition) is 1. The van der Waals surface area contributed by atoms with Crippen molar-refractivity contribution < 1.29 is 9.90 Å². The van der Waals surface area contributed by atoms with Gasteiger partial charge in [0.05, 0.1) is 5.56 Å². The highest BCUT2D eigenvalue weighted by Crippen LogP contribution is 2.15. The van der Waals surface area contributed by atoms with Gasteiger partial charge >= 0.3 is 5.97 Å². The Bertz CT molecular complexity index is 310. The maximum absolute atomic E-state index is 10.6. The first-order valence-corrected chi connectivity index (χ1v) is 5.57. The lowest BCUT2D eigenvalue weighted by Crippen LogP contribution is -2.00. The molecule has 15 heavy (non-hydrogen) atoms. The van der Waals surface area contributed by atoms with Crippen LogP contribution in [0.3, 0.4) is 0 Å². The Hall–Kier alpha value is -1.31. The summed E-state index contributed by atoms with van der Waals surface area (Å²) >= 11 is 0. The van der Waals surface area contributed by atoms with Gasteiger partial charge in [0.15, 0.2) is 0 Å². The fraction of sp³-hybridized carbons (Fsp3) is 0.462. The first-order valence-electron chi connectivity index (χ1n) is 5.57. The minimum absolute atomic E-state index is 0.412. The van der Waals surface area contributed by atoms with Gasteiger partial charge in [-0.25, -0.2) is 4.79 Å². The van der Waals surface area contributed by atoms with Crippen molar-refractivity contribution in [1.29, 1.82) is 0 Å². The van der Waals surface area contributed by atoms with E-state index < -0.39 is 5.97 Å². The molecule has 0 saturated heterocycles. The maximum Gasteiger partial charge on any atom is 0.335 e. The third-order valence-corrected chi connectivity index (χ3v) is 2.63. The van der Waals surface area contributed by atoms with Crippen LogP contribution in [-0.4, -0.2) is 11.1 Å². The smallest absolute Gasteiger partial charge is 0.335 e. The zero-order chi connectivity index (χ0) is 11.1. The van der Waals surface area contributed by atoms with Crippen molar-refractivity contribution in [2.75, 3.05) is 0 Å². The summed E-state index contributed by atoms with van der Waals surface area (Å²) in [4.78, 5) is 10.6. The van der Waals surface area contributed by atoms with E-state index in [0.29, 0.717) is 5.56 Å². The second-order valence-corrected chi connectivity index (χ2v) is 3.73. The molecule has 0 atom stereocenters. The van der Waals surface area contributed by atoms with Gasteiger partial charge in [-0.3, -0.25) is 0 Å². The van der Waals surface area contributed by atoms with E-state index >= 15 is 0 Å². The molecule has 0 amide bonds. The Morgan fingerprint density at radius 3 is 2.07 bits per heavy atom.